The molecule has 0 saturated heterocycles. The SMILES string of the molecule is Cc1cccc2c(=O)n(CC(=O)N3CCOc4ccc(F)cc4C3)cnc12. The van der Waals surface area contributed by atoms with Crippen molar-refractivity contribution < 1.29 is 13.9 Å². The van der Waals surface area contributed by atoms with Gasteiger partial charge in [-0.05, 0) is 36.8 Å². The van der Waals surface area contributed by atoms with Gasteiger partial charge in [-0.25, -0.2) is 9.37 Å². The van der Waals surface area contributed by atoms with Gasteiger partial charge in [-0.15, -0.1) is 0 Å². The van der Waals surface area contributed by atoms with Gasteiger partial charge < -0.3 is 9.64 Å². The monoisotopic (exact) mass is 367 g/mol. The fourth-order valence-electron chi connectivity index (χ4n) is 3.27. The quantitative estimate of drug-likeness (QED) is 0.697. The van der Waals surface area contributed by atoms with E-state index in [-0.39, 0.29) is 30.4 Å². The molecule has 138 valence electrons. The zero-order chi connectivity index (χ0) is 19.0. The zero-order valence-electron chi connectivity index (χ0n) is 14.8. The van der Waals surface area contributed by atoms with Crippen LogP contribution in [-0.2, 0) is 17.9 Å². The molecule has 1 amide bonds. The smallest absolute Gasteiger partial charge is 0.261 e. The lowest BCUT2D eigenvalue weighted by molar-refractivity contribution is -0.132. The predicted octanol–water partition coefficient (Wildman–Crippen LogP) is 2.27. The Balaban J connectivity index is 1.60. The molecule has 6 nitrogen and oxygen atoms in total. The lowest BCUT2D eigenvalue weighted by Crippen LogP contribution is -2.37. The highest BCUT2D eigenvalue weighted by Gasteiger charge is 2.21. The van der Waals surface area contributed by atoms with Crippen LogP contribution in [0.15, 0.2) is 47.5 Å². The number of fused-ring (bicyclic) bond motifs is 2. The average Bonchev–Trinajstić information content (AvgIpc) is 2.86. The first-order chi connectivity index (χ1) is 13.0. The molecule has 0 spiro atoms. The molecule has 1 aromatic heterocycles. The summed E-state index contributed by atoms with van der Waals surface area (Å²) in [5.74, 6) is -0.0460. The average molecular weight is 367 g/mol. The van der Waals surface area contributed by atoms with E-state index in [4.69, 9.17) is 4.74 Å². The van der Waals surface area contributed by atoms with Gasteiger partial charge in [-0.3, -0.25) is 14.2 Å². The first kappa shape index (κ1) is 17.2. The molecule has 4 rings (SSSR count). The van der Waals surface area contributed by atoms with Crippen LogP contribution < -0.4 is 10.3 Å². The lowest BCUT2D eigenvalue weighted by Gasteiger charge is -2.20. The van der Waals surface area contributed by atoms with Crippen LogP contribution in [0, 0.1) is 12.7 Å². The first-order valence-corrected chi connectivity index (χ1v) is 8.67. The third-order valence-electron chi connectivity index (χ3n) is 4.72. The number of aromatic nitrogens is 2. The van der Waals surface area contributed by atoms with E-state index in [1.165, 1.54) is 23.0 Å². The van der Waals surface area contributed by atoms with E-state index in [2.05, 4.69) is 4.98 Å². The summed E-state index contributed by atoms with van der Waals surface area (Å²) >= 11 is 0. The summed E-state index contributed by atoms with van der Waals surface area (Å²) in [5, 5.41) is 0.483. The maximum Gasteiger partial charge on any atom is 0.261 e. The number of amides is 1. The molecule has 0 N–H and O–H groups in total. The van der Waals surface area contributed by atoms with Crippen LogP contribution in [0.5, 0.6) is 5.75 Å². The van der Waals surface area contributed by atoms with Crippen molar-refractivity contribution in [2.45, 2.75) is 20.0 Å². The summed E-state index contributed by atoms with van der Waals surface area (Å²) in [6.45, 7) is 2.68. The Bertz CT molecular complexity index is 1090. The Morgan fingerprint density at radius 2 is 2.15 bits per heavy atom. The normalized spacial score (nSPS) is 13.8. The summed E-state index contributed by atoms with van der Waals surface area (Å²) in [7, 11) is 0. The molecular formula is C20H18FN3O3. The molecule has 0 unspecified atom stereocenters. The molecule has 0 saturated carbocycles. The predicted molar refractivity (Wildman–Crippen MR) is 98.1 cm³/mol. The second kappa shape index (κ2) is 6.83. The van der Waals surface area contributed by atoms with E-state index in [0.717, 1.165) is 5.56 Å². The first-order valence-electron chi connectivity index (χ1n) is 8.67. The molecule has 27 heavy (non-hydrogen) atoms. The molecule has 2 heterocycles. The van der Waals surface area contributed by atoms with Crippen molar-refractivity contribution in [3.8, 4) is 5.75 Å². The fraction of sp³-hybridized carbons (Fsp3) is 0.250. The molecule has 3 aromatic rings. The largest absolute Gasteiger partial charge is 0.491 e. The van der Waals surface area contributed by atoms with Crippen molar-refractivity contribution in [1.29, 1.82) is 0 Å². The minimum absolute atomic E-state index is 0.125. The maximum absolute atomic E-state index is 13.5. The number of carbonyl (C=O) groups excluding carboxylic acids is 1. The summed E-state index contributed by atoms with van der Waals surface area (Å²) < 4.78 is 20.4. The van der Waals surface area contributed by atoms with E-state index in [1.807, 2.05) is 13.0 Å². The molecule has 0 radical (unpaired) electrons. The van der Waals surface area contributed by atoms with Crippen molar-refractivity contribution in [2.24, 2.45) is 0 Å². The van der Waals surface area contributed by atoms with Gasteiger partial charge in [-0.1, -0.05) is 12.1 Å². The van der Waals surface area contributed by atoms with Crippen LogP contribution in [0.25, 0.3) is 10.9 Å². The van der Waals surface area contributed by atoms with Crippen LogP contribution in [-0.4, -0.2) is 33.5 Å². The number of hydrogen-bond acceptors (Lipinski definition) is 4. The summed E-state index contributed by atoms with van der Waals surface area (Å²) in [6, 6.07) is 9.66. The van der Waals surface area contributed by atoms with Gasteiger partial charge >= 0.3 is 0 Å². The minimum Gasteiger partial charge on any atom is -0.491 e. The van der Waals surface area contributed by atoms with Gasteiger partial charge in [0, 0.05) is 12.1 Å². The molecular weight excluding hydrogens is 349 g/mol. The third kappa shape index (κ3) is 3.28. The van der Waals surface area contributed by atoms with E-state index >= 15 is 0 Å². The Kier molecular flexibility index (Phi) is 4.35. The van der Waals surface area contributed by atoms with E-state index in [9.17, 15) is 14.0 Å². The van der Waals surface area contributed by atoms with Crippen LogP contribution in [0.2, 0.25) is 0 Å². The van der Waals surface area contributed by atoms with Gasteiger partial charge in [0.05, 0.1) is 23.8 Å². The second-order valence-electron chi connectivity index (χ2n) is 6.56. The highest BCUT2D eigenvalue weighted by Crippen LogP contribution is 2.24. The molecule has 0 atom stereocenters. The number of benzene rings is 2. The van der Waals surface area contributed by atoms with Crippen molar-refractivity contribution in [1.82, 2.24) is 14.5 Å². The van der Waals surface area contributed by atoms with Crippen LogP contribution >= 0.6 is 0 Å². The van der Waals surface area contributed by atoms with Gasteiger partial charge in [-0.2, -0.15) is 0 Å². The fourth-order valence-corrected chi connectivity index (χ4v) is 3.27. The number of carbonyl (C=O) groups is 1. The highest BCUT2D eigenvalue weighted by molar-refractivity contribution is 5.81. The van der Waals surface area contributed by atoms with Crippen molar-refractivity contribution in [3.05, 3.63) is 70.0 Å². The van der Waals surface area contributed by atoms with Crippen LogP contribution in [0.4, 0.5) is 4.39 Å². The molecule has 0 aliphatic carbocycles. The molecule has 0 bridgehead atoms. The molecule has 1 aliphatic heterocycles. The Labute approximate surface area is 154 Å². The van der Waals surface area contributed by atoms with Gasteiger partial charge in [0.15, 0.2) is 0 Å². The summed E-state index contributed by atoms with van der Waals surface area (Å²) in [6.07, 6.45) is 1.40. The number of nitrogens with zero attached hydrogens (tertiary/aromatic N) is 3. The Morgan fingerprint density at radius 1 is 1.30 bits per heavy atom. The Hall–Kier alpha value is -3.22. The molecule has 7 heteroatoms. The minimum atomic E-state index is -0.378. The lowest BCUT2D eigenvalue weighted by atomic mass is 10.1. The van der Waals surface area contributed by atoms with E-state index < -0.39 is 0 Å². The van der Waals surface area contributed by atoms with Crippen molar-refractivity contribution in [3.63, 3.8) is 0 Å². The number of para-hydroxylation sites is 1. The number of rotatable bonds is 2. The van der Waals surface area contributed by atoms with E-state index in [0.29, 0.717) is 35.4 Å². The van der Waals surface area contributed by atoms with Gasteiger partial charge in [0.1, 0.15) is 24.7 Å². The summed E-state index contributed by atoms with van der Waals surface area (Å²) in [4.78, 5) is 31.3. The number of halogens is 1. The number of aryl methyl sites for hydroxylation is 1. The molecule has 1 aliphatic rings. The summed E-state index contributed by atoms with van der Waals surface area (Å²) in [5.41, 5.74) is 1.90. The molecule has 0 fully saturated rings. The van der Waals surface area contributed by atoms with Crippen LogP contribution in [0.1, 0.15) is 11.1 Å². The van der Waals surface area contributed by atoms with Gasteiger partial charge in [0.2, 0.25) is 5.91 Å². The van der Waals surface area contributed by atoms with Gasteiger partial charge in [0.25, 0.3) is 5.56 Å². The van der Waals surface area contributed by atoms with E-state index in [1.54, 1.807) is 23.1 Å². The second-order valence-corrected chi connectivity index (χ2v) is 6.56. The Morgan fingerprint density at radius 3 is 3.00 bits per heavy atom. The third-order valence-corrected chi connectivity index (χ3v) is 4.72. The highest BCUT2D eigenvalue weighted by atomic mass is 19.1. The number of hydrogen-bond donors (Lipinski definition) is 0. The number of ether oxygens (including phenoxy) is 1. The topological polar surface area (TPSA) is 64.4 Å². The standard InChI is InChI=1S/C20H18FN3O3/c1-13-3-2-4-16-19(13)22-12-24(20(16)26)11-18(25)23-7-8-27-17-6-5-15(21)9-14(17)10-23/h2-6,9,12H,7-8,10-11H2,1H3. The maximum atomic E-state index is 13.5. The zero-order valence-corrected chi connectivity index (χ0v) is 14.8. The van der Waals surface area contributed by atoms with Crippen LogP contribution in [0.3, 0.4) is 0 Å². The van der Waals surface area contributed by atoms with Crippen molar-refractivity contribution >= 4 is 16.8 Å². The molecule has 2 aromatic carbocycles. The van der Waals surface area contributed by atoms with Crippen molar-refractivity contribution in [2.75, 3.05) is 13.2 Å².